The molecule has 2 aromatic rings. The van der Waals surface area contributed by atoms with Gasteiger partial charge < -0.3 is 19.7 Å². The fraction of sp³-hybridized carbons (Fsp3) is 0.462. The predicted molar refractivity (Wildman–Crippen MR) is 138 cm³/mol. The van der Waals surface area contributed by atoms with Crippen LogP contribution in [0.25, 0.3) is 0 Å². The number of hydrogen-bond acceptors (Lipinski definition) is 6. The van der Waals surface area contributed by atoms with E-state index in [2.05, 4.69) is 5.32 Å². The third-order valence-electron chi connectivity index (χ3n) is 6.09. The summed E-state index contributed by atoms with van der Waals surface area (Å²) in [6.07, 6.45) is 1.76. The van der Waals surface area contributed by atoms with Gasteiger partial charge in [-0.3, -0.25) is 13.9 Å². The number of ether oxygens (including phenoxy) is 2. The first-order chi connectivity index (χ1) is 17.2. The molecule has 9 nitrogen and oxygen atoms in total. The van der Waals surface area contributed by atoms with E-state index < -0.39 is 28.5 Å². The molecule has 1 atom stereocenters. The van der Waals surface area contributed by atoms with E-state index in [1.54, 1.807) is 25.1 Å². The van der Waals surface area contributed by atoms with Crippen LogP contribution < -0.4 is 19.1 Å². The molecule has 1 N–H and O–H groups in total. The first kappa shape index (κ1) is 27.3. The summed E-state index contributed by atoms with van der Waals surface area (Å²) in [6.45, 7) is 7.46. The average Bonchev–Trinajstić information content (AvgIpc) is 3.34. The van der Waals surface area contributed by atoms with Crippen LogP contribution in [0.1, 0.15) is 44.7 Å². The van der Waals surface area contributed by atoms with Gasteiger partial charge >= 0.3 is 0 Å². The van der Waals surface area contributed by atoms with Crippen LogP contribution in [0.15, 0.2) is 42.5 Å². The number of carbonyl (C=O) groups excluding carboxylic acids is 2. The summed E-state index contributed by atoms with van der Waals surface area (Å²) in [7, 11) is -3.81. The van der Waals surface area contributed by atoms with Crippen molar-refractivity contribution in [3.63, 3.8) is 0 Å². The van der Waals surface area contributed by atoms with Crippen LogP contribution in [0, 0.1) is 6.92 Å². The summed E-state index contributed by atoms with van der Waals surface area (Å²) in [5, 5.41) is 2.87. The number of rotatable bonds is 12. The number of carbonyl (C=O) groups is 2. The Morgan fingerprint density at radius 3 is 2.42 bits per heavy atom. The highest BCUT2D eigenvalue weighted by atomic mass is 32.2. The zero-order chi connectivity index (χ0) is 26.3. The molecule has 10 heteroatoms. The van der Waals surface area contributed by atoms with Crippen LogP contribution in [0.4, 0.5) is 5.69 Å². The van der Waals surface area contributed by atoms with Gasteiger partial charge in [0.1, 0.15) is 12.6 Å². The molecule has 2 aromatic carbocycles. The van der Waals surface area contributed by atoms with E-state index in [4.69, 9.17) is 9.47 Å². The largest absolute Gasteiger partial charge is 0.454 e. The first-order valence-corrected chi connectivity index (χ1v) is 13.8. The molecule has 1 unspecified atom stereocenters. The van der Waals surface area contributed by atoms with Crippen molar-refractivity contribution >= 4 is 27.5 Å². The third kappa shape index (κ3) is 6.69. The highest BCUT2D eigenvalue weighted by Crippen LogP contribution is 2.36. The van der Waals surface area contributed by atoms with Gasteiger partial charge in [0.25, 0.3) is 0 Å². The lowest BCUT2D eigenvalue weighted by Crippen LogP contribution is -2.51. The molecule has 3 rings (SSSR count). The molecule has 0 radical (unpaired) electrons. The molecule has 1 aliphatic heterocycles. The summed E-state index contributed by atoms with van der Waals surface area (Å²) in [5.41, 5.74) is 2.21. The molecular weight excluding hydrogens is 482 g/mol. The van der Waals surface area contributed by atoms with Gasteiger partial charge in [0.05, 0.1) is 11.4 Å². The van der Waals surface area contributed by atoms with Gasteiger partial charge in [-0.05, 0) is 44.9 Å². The normalized spacial score (nSPS) is 13.2. The molecule has 0 bridgehead atoms. The zero-order valence-corrected chi connectivity index (χ0v) is 22.1. The van der Waals surface area contributed by atoms with Crippen molar-refractivity contribution in [3.8, 4) is 11.5 Å². The predicted octanol–water partition coefficient (Wildman–Crippen LogP) is 3.21. The molecule has 0 aliphatic carbocycles. The molecule has 196 valence electrons. The fourth-order valence-electron chi connectivity index (χ4n) is 3.77. The van der Waals surface area contributed by atoms with Gasteiger partial charge in [-0.15, -0.1) is 0 Å². The van der Waals surface area contributed by atoms with Gasteiger partial charge in [0.2, 0.25) is 28.6 Å². The monoisotopic (exact) mass is 517 g/mol. The van der Waals surface area contributed by atoms with Crippen molar-refractivity contribution < 1.29 is 27.5 Å². The van der Waals surface area contributed by atoms with Gasteiger partial charge in [-0.25, -0.2) is 8.42 Å². The van der Waals surface area contributed by atoms with Gasteiger partial charge in [0.15, 0.2) is 11.5 Å². The highest BCUT2D eigenvalue weighted by molar-refractivity contribution is 7.92. The number of fused-ring (bicyclic) bond motifs is 1. The van der Waals surface area contributed by atoms with Crippen LogP contribution >= 0.6 is 0 Å². The maximum atomic E-state index is 13.7. The Labute approximate surface area is 213 Å². The average molecular weight is 518 g/mol. The lowest BCUT2D eigenvalue weighted by molar-refractivity contribution is -0.139. The van der Waals surface area contributed by atoms with Gasteiger partial charge in [0, 0.05) is 19.2 Å². The molecule has 0 fully saturated rings. The number of aryl methyl sites for hydroxylation is 1. The molecule has 36 heavy (non-hydrogen) atoms. The molecular formula is C26H35N3O6S. The summed E-state index contributed by atoms with van der Waals surface area (Å²) in [6, 6.07) is 11.6. The van der Waals surface area contributed by atoms with Crippen molar-refractivity contribution in [3.05, 3.63) is 53.6 Å². The van der Waals surface area contributed by atoms with E-state index >= 15 is 0 Å². The number of hydrogen-bond donors (Lipinski definition) is 1. The van der Waals surface area contributed by atoms with E-state index in [1.807, 2.05) is 38.1 Å². The molecule has 0 saturated carbocycles. The Bertz CT molecular complexity index is 1170. The van der Waals surface area contributed by atoms with Crippen LogP contribution in [0.2, 0.25) is 0 Å². The third-order valence-corrected chi connectivity index (χ3v) is 7.84. The molecule has 1 heterocycles. The number of nitrogens with zero attached hydrogens (tertiary/aromatic N) is 2. The molecule has 0 spiro atoms. The summed E-state index contributed by atoms with van der Waals surface area (Å²) >= 11 is 0. The quantitative estimate of drug-likeness (QED) is 0.434. The van der Waals surface area contributed by atoms with Crippen LogP contribution in [-0.2, 0) is 26.2 Å². The summed E-state index contributed by atoms with van der Waals surface area (Å²) in [4.78, 5) is 28.0. The second-order valence-corrected chi connectivity index (χ2v) is 11.0. The minimum Gasteiger partial charge on any atom is -0.454 e. The lowest BCUT2D eigenvalue weighted by atomic mass is 10.1. The Kier molecular flexibility index (Phi) is 9.19. The Hall–Kier alpha value is -3.27. The molecule has 1 aliphatic rings. The first-order valence-electron chi connectivity index (χ1n) is 12.2. The smallest absolute Gasteiger partial charge is 0.244 e. The van der Waals surface area contributed by atoms with Gasteiger partial charge in [-0.2, -0.15) is 0 Å². The van der Waals surface area contributed by atoms with E-state index in [9.17, 15) is 18.0 Å². The molecule has 0 aromatic heterocycles. The maximum Gasteiger partial charge on any atom is 0.244 e. The molecule has 2 amide bonds. The number of benzene rings is 2. The van der Waals surface area contributed by atoms with Crippen LogP contribution in [0.5, 0.6) is 11.5 Å². The number of amides is 2. The number of anilines is 1. The van der Waals surface area contributed by atoms with Crippen molar-refractivity contribution in [1.82, 2.24) is 10.2 Å². The second-order valence-electron chi connectivity index (χ2n) is 8.77. The topological polar surface area (TPSA) is 105 Å². The van der Waals surface area contributed by atoms with E-state index in [-0.39, 0.29) is 25.0 Å². The van der Waals surface area contributed by atoms with E-state index in [0.29, 0.717) is 23.7 Å². The Morgan fingerprint density at radius 1 is 1.06 bits per heavy atom. The lowest BCUT2D eigenvalue weighted by Gasteiger charge is -2.32. The van der Waals surface area contributed by atoms with Crippen molar-refractivity contribution in [2.24, 2.45) is 0 Å². The number of nitrogens with one attached hydrogen (secondary N) is 1. The fourth-order valence-corrected chi connectivity index (χ4v) is 4.82. The van der Waals surface area contributed by atoms with Crippen molar-refractivity contribution in [2.75, 3.05) is 29.9 Å². The van der Waals surface area contributed by atoms with Crippen LogP contribution in [0.3, 0.4) is 0 Å². The minimum absolute atomic E-state index is 0.0488. The maximum absolute atomic E-state index is 13.7. The zero-order valence-electron chi connectivity index (χ0n) is 21.3. The van der Waals surface area contributed by atoms with E-state index in [0.717, 1.165) is 28.3 Å². The number of unbranched alkanes of at least 4 members (excludes halogenated alkanes) is 1. The highest BCUT2D eigenvalue weighted by Gasteiger charge is 2.31. The SMILES string of the molecule is CCCCNC(=O)C(C)N(Cc1ccc(C)cc1)C(=O)CN(c1ccc2c(c1)OCO2)S(=O)(=O)CC. The summed E-state index contributed by atoms with van der Waals surface area (Å²) in [5.74, 6) is -0.0336. The van der Waals surface area contributed by atoms with Crippen LogP contribution in [-0.4, -0.2) is 56.8 Å². The van der Waals surface area contributed by atoms with Gasteiger partial charge in [-0.1, -0.05) is 43.2 Å². The summed E-state index contributed by atoms with van der Waals surface area (Å²) < 4.78 is 37.9. The Balaban J connectivity index is 1.90. The van der Waals surface area contributed by atoms with Crippen molar-refractivity contribution in [1.29, 1.82) is 0 Å². The second kappa shape index (κ2) is 12.1. The minimum atomic E-state index is -3.81. The van der Waals surface area contributed by atoms with E-state index in [1.165, 1.54) is 11.8 Å². The van der Waals surface area contributed by atoms with Crippen molar-refractivity contribution in [2.45, 2.75) is 53.1 Å². The number of sulfonamides is 1. The molecule has 0 saturated heterocycles. The Morgan fingerprint density at radius 2 is 1.75 bits per heavy atom. The standard InChI is InChI=1S/C26H35N3O6S/c1-5-7-14-27-26(31)20(4)28(16-21-10-8-19(3)9-11-21)25(30)17-29(36(32,33)6-2)22-12-13-23-24(15-22)35-18-34-23/h8-13,15,20H,5-7,14,16-18H2,1-4H3,(H,27,31).